The fourth-order valence-electron chi connectivity index (χ4n) is 4.87. The third-order valence-electron chi connectivity index (χ3n) is 6.58. The van der Waals surface area contributed by atoms with E-state index in [1.54, 1.807) is 7.05 Å². The summed E-state index contributed by atoms with van der Waals surface area (Å²) in [5, 5.41) is 7.64. The van der Waals surface area contributed by atoms with Gasteiger partial charge in [-0.25, -0.2) is 14.3 Å². The minimum atomic E-state index is 0.00971. The lowest BCUT2D eigenvalue weighted by molar-refractivity contribution is 0.179. The SMILES string of the molecule is Cn1nc(C2CCN(C(=O)NCCCc3ccccc3)CC2)n(C2CCCC2)c1=O. The Bertz CT molecular complexity index is 890. The summed E-state index contributed by atoms with van der Waals surface area (Å²) in [6.45, 7) is 2.12. The van der Waals surface area contributed by atoms with Crippen LogP contribution >= 0.6 is 0 Å². The van der Waals surface area contributed by atoms with Crippen molar-refractivity contribution >= 4 is 6.03 Å². The molecule has 2 heterocycles. The van der Waals surface area contributed by atoms with Gasteiger partial charge < -0.3 is 10.2 Å². The predicted octanol–water partition coefficient (Wildman–Crippen LogP) is 3.22. The van der Waals surface area contributed by atoms with Gasteiger partial charge in [0.1, 0.15) is 5.82 Å². The molecule has 1 aliphatic carbocycles. The Morgan fingerprint density at radius 3 is 2.50 bits per heavy atom. The summed E-state index contributed by atoms with van der Waals surface area (Å²) in [5.74, 6) is 1.18. The molecule has 1 aliphatic heterocycles. The van der Waals surface area contributed by atoms with Gasteiger partial charge in [0.05, 0.1) is 0 Å². The van der Waals surface area contributed by atoms with Gasteiger partial charge in [0, 0.05) is 38.6 Å². The molecule has 2 fully saturated rings. The predicted molar refractivity (Wildman–Crippen MR) is 117 cm³/mol. The van der Waals surface area contributed by atoms with Crippen molar-refractivity contribution in [1.82, 2.24) is 24.6 Å². The molecular weight excluding hydrogens is 378 g/mol. The first-order valence-corrected chi connectivity index (χ1v) is 11.4. The van der Waals surface area contributed by atoms with Crippen molar-refractivity contribution in [3.05, 3.63) is 52.2 Å². The van der Waals surface area contributed by atoms with Gasteiger partial charge in [-0.2, -0.15) is 5.10 Å². The number of nitrogens with one attached hydrogen (secondary N) is 1. The lowest BCUT2D eigenvalue weighted by Gasteiger charge is -2.32. The fraction of sp³-hybridized carbons (Fsp3) is 0.609. The van der Waals surface area contributed by atoms with Crippen LogP contribution in [-0.4, -0.2) is 44.9 Å². The van der Waals surface area contributed by atoms with E-state index in [2.05, 4.69) is 22.5 Å². The monoisotopic (exact) mass is 411 g/mol. The van der Waals surface area contributed by atoms with Gasteiger partial charge in [-0.1, -0.05) is 43.2 Å². The molecule has 2 amide bonds. The van der Waals surface area contributed by atoms with Crippen LogP contribution < -0.4 is 11.0 Å². The van der Waals surface area contributed by atoms with Gasteiger partial charge in [0.15, 0.2) is 0 Å². The second-order valence-corrected chi connectivity index (χ2v) is 8.66. The quantitative estimate of drug-likeness (QED) is 0.742. The van der Waals surface area contributed by atoms with Crippen LogP contribution in [0.25, 0.3) is 0 Å². The molecule has 4 rings (SSSR count). The van der Waals surface area contributed by atoms with E-state index >= 15 is 0 Å². The summed E-state index contributed by atoms with van der Waals surface area (Å²) in [7, 11) is 1.75. The first-order chi connectivity index (χ1) is 14.6. The summed E-state index contributed by atoms with van der Waals surface area (Å²) in [5.41, 5.74) is 1.31. The highest BCUT2D eigenvalue weighted by molar-refractivity contribution is 5.74. The lowest BCUT2D eigenvalue weighted by atomic mass is 9.95. The van der Waals surface area contributed by atoms with Gasteiger partial charge in [-0.05, 0) is 44.1 Å². The van der Waals surface area contributed by atoms with Crippen molar-refractivity contribution in [2.24, 2.45) is 7.05 Å². The molecule has 2 aliphatic rings. The molecule has 0 unspecified atom stereocenters. The molecule has 162 valence electrons. The van der Waals surface area contributed by atoms with Gasteiger partial charge >= 0.3 is 11.7 Å². The largest absolute Gasteiger partial charge is 0.345 e. The Kier molecular flexibility index (Phi) is 6.55. The van der Waals surface area contributed by atoms with E-state index in [0.29, 0.717) is 25.7 Å². The molecule has 1 saturated heterocycles. The van der Waals surface area contributed by atoms with Gasteiger partial charge in [-0.3, -0.25) is 4.57 Å². The Balaban J connectivity index is 1.27. The van der Waals surface area contributed by atoms with E-state index in [-0.39, 0.29) is 17.6 Å². The van der Waals surface area contributed by atoms with Crippen LogP contribution in [0.4, 0.5) is 4.79 Å². The number of piperidine rings is 1. The fourth-order valence-corrected chi connectivity index (χ4v) is 4.87. The molecule has 2 aromatic rings. The maximum Gasteiger partial charge on any atom is 0.345 e. The molecule has 1 N–H and O–H groups in total. The number of hydrogen-bond donors (Lipinski definition) is 1. The third-order valence-corrected chi connectivity index (χ3v) is 6.58. The van der Waals surface area contributed by atoms with Crippen molar-refractivity contribution in [1.29, 1.82) is 0 Å². The average molecular weight is 412 g/mol. The zero-order valence-electron chi connectivity index (χ0n) is 17.9. The number of likely N-dealkylation sites (tertiary alicyclic amines) is 1. The second-order valence-electron chi connectivity index (χ2n) is 8.66. The molecule has 0 atom stereocenters. The number of benzene rings is 1. The van der Waals surface area contributed by atoms with Gasteiger partial charge in [0.25, 0.3) is 0 Å². The molecule has 0 radical (unpaired) electrons. The van der Waals surface area contributed by atoms with Crippen LogP contribution in [0, 0.1) is 0 Å². The molecule has 0 bridgehead atoms. The third kappa shape index (κ3) is 4.60. The van der Waals surface area contributed by atoms with E-state index < -0.39 is 0 Å². The average Bonchev–Trinajstić information content (AvgIpc) is 3.40. The number of carbonyl (C=O) groups is 1. The molecule has 1 aromatic heterocycles. The maximum absolute atomic E-state index is 12.6. The molecule has 7 heteroatoms. The van der Waals surface area contributed by atoms with Crippen molar-refractivity contribution in [2.75, 3.05) is 19.6 Å². The second kappa shape index (κ2) is 9.49. The van der Waals surface area contributed by atoms with Crippen molar-refractivity contribution in [3.63, 3.8) is 0 Å². The van der Waals surface area contributed by atoms with E-state index in [4.69, 9.17) is 0 Å². The minimum absolute atomic E-state index is 0.00971. The molecule has 30 heavy (non-hydrogen) atoms. The number of aryl methyl sites for hydroxylation is 2. The minimum Gasteiger partial charge on any atom is -0.338 e. The number of aromatic nitrogens is 3. The van der Waals surface area contributed by atoms with Crippen LogP contribution in [0.5, 0.6) is 0 Å². The van der Waals surface area contributed by atoms with Crippen LogP contribution in [0.3, 0.4) is 0 Å². The van der Waals surface area contributed by atoms with E-state index in [1.807, 2.05) is 27.7 Å². The standard InChI is InChI=1S/C23H33N5O2/c1-26-23(30)28(20-11-5-6-12-20)21(25-26)19-13-16-27(17-14-19)22(29)24-15-7-10-18-8-3-2-4-9-18/h2-4,8-9,19-20H,5-7,10-17H2,1H3,(H,24,29). The highest BCUT2D eigenvalue weighted by atomic mass is 16.2. The highest BCUT2D eigenvalue weighted by Crippen LogP contribution is 2.33. The van der Waals surface area contributed by atoms with Crippen molar-refractivity contribution < 1.29 is 4.79 Å². The number of nitrogens with zero attached hydrogens (tertiary/aromatic N) is 4. The number of hydrogen-bond acceptors (Lipinski definition) is 3. The van der Waals surface area contributed by atoms with Crippen LogP contribution in [-0.2, 0) is 13.5 Å². The van der Waals surface area contributed by atoms with Crippen molar-refractivity contribution in [3.8, 4) is 0 Å². The molecule has 1 saturated carbocycles. The molecule has 7 nitrogen and oxygen atoms in total. The molecular formula is C23H33N5O2. The maximum atomic E-state index is 12.6. The van der Waals surface area contributed by atoms with Crippen LogP contribution in [0.2, 0.25) is 0 Å². The molecule has 1 aromatic carbocycles. The topological polar surface area (TPSA) is 72.2 Å². The number of amides is 2. The number of carbonyl (C=O) groups excluding carboxylic acids is 1. The zero-order valence-corrected chi connectivity index (χ0v) is 17.9. The normalized spacial score (nSPS) is 18.1. The summed E-state index contributed by atoms with van der Waals surface area (Å²) in [6.07, 6.45) is 8.16. The summed E-state index contributed by atoms with van der Waals surface area (Å²) < 4.78 is 3.44. The Hall–Kier alpha value is -2.57. The first kappa shape index (κ1) is 20.7. The van der Waals surface area contributed by atoms with Crippen molar-refractivity contribution in [2.45, 2.75) is 63.3 Å². The Morgan fingerprint density at radius 1 is 1.10 bits per heavy atom. The smallest absolute Gasteiger partial charge is 0.338 e. The van der Waals surface area contributed by atoms with E-state index in [0.717, 1.165) is 44.3 Å². The first-order valence-electron chi connectivity index (χ1n) is 11.4. The summed E-state index contributed by atoms with van der Waals surface area (Å²) >= 11 is 0. The van der Waals surface area contributed by atoms with E-state index in [9.17, 15) is 9.59 Å². The Labute approximate surface area is 178 Å². The van der Waals surface area contributed by atoms with Crippen LogP contribution in [0.1, 0.15) is 68.3 Å². The Morgan fingerprint density at radius 2 is 1.80 bits per heavy atom. The van der Waals surface area contributed by atoms with Gasteiger partial charge in [-0.15, -0.1) is 0 Å². The zero-order chi connectivity index (χ0) is 20.9. The van der Waals surface area contributed by atoms with E-state index in [1.165, 1.54) is 23.1 Å². The lowest BCUT2D eigenvalue weighted by Crippen LogP contribution is -2.44. The number of urea groups is 1. The van der Waals surface area contributed by atoms with Gasteiger partial charge in [0.2, 0.25) is 0 Å². The summed E-state index contributed by atoms with van der Waals surface area (Å²) in [6, 6.07) is 10.7. The van der Waals surface area contributed by atoms with Crippen LogP contribution in [0.15, 0.2) is 35.1 Å². The number of rotatable bonds is 6. The highest BCUT2D eigenvalue weighted by Gasteiger charge is 2.31. The molecule has 0 spiro atoms. The summed E-state index contributed by atoms with van der Waals surface area (Å²) in [4.78, 5) is 27.1.